The van der Waals surface area contributed by atoms with Crippen molar-refractivity contribution < 1.29 is 0 Å². The monoisotopic (exact) mass is 188 g/mol. The Bertz CT molecular complexity index is 169. The Morgan fingerprint density at radius 1 is 1.67 bits per heavy atom. The summed E-state index contributed by atoms with van der Waals surface area (Å²) in [5.74, 6) is 0.619. The summed E-state index contributed by atoms with van der Waals surface area (Å²) in [5, 5.41) is 0. The molecule has 0 radical (unpaired) electrons. The van der Waals surface area contributed by atoms with Gasteiger partial charge in [-0.3, -0.25) is 4.90 Å². The molecule has 0 aromatic rings. The summed E-state index contributed by atoms with van der Waals surface area (Å²) in [5.41, 5.74) is 8.75. The van der Waals surface area contributed by atoms with Crippen LogP contribution in [-0.2, 0) is 0 Å². The van der Waals surface area contributed by atoms with Gasteiger partial charge in [0.1, 0.15) is 0 Å². The molecule has 1 heterocycles. The number of hydrogen-bond acceptors (Lipinski definition) is 2. The Labute approximate surface area is 79.4 Å². The largest absolute Gasteiger partial charge is 0.326 e. The molecule has 0 aromatic carbocycles. The van der Waals surface area contributed by atoms with Gasteiger partial charge in [0.25, 0.3) is 0 Å². The number of rotatable bonds is 2. The fourth-order valence-corrected chi connectivity index (χ4v) is 1.68. The zero-order valence-electron chi connectivity index (χ0n) is 7.76. The normalized spacial score (nSPS) is 32.8. The Balaban J connectivity index is 2.37. The van der Waals surface area contributed by atoms with Gasteiger partial charge in [-0.15, -0.1) is 0 Å². The van der Waals surface area contributed by atoms with Crippen molar-refractivity contribution in [1.29, 1.82) is 0 Å². The van der Waals surface area contributed by atoms with Crippen molar-refractivity contribution in [2.24, 2.45) is 11.7 Å². The Hall–Kier alpha value is -0.0500. The van der Waals surface area contributed by atoms with Gasteiger partial charge in [0.2, 0.25) is 0 Å². The fourth-order valence-electron chi connectivity index (χ4n) is 1.61. The minimum absolute atomic E-state index is 0.341. The van der Waals surface area contributed by atoms with E-state index in [0.29, 0.717) is 12.0 Å². The van der Waals surface area contributed by atoms with Crippen molar-refractivity contribution in [2.75, 3.05) is 19.6 Å². The van der Waals surface area contributed by atoms with Gasteiger partial charge in [-0.2, -0.15) is 0 Å². The average molecular weight is 189 g/mol. The standard InChI is InChI=1S/C9H17ClN2/c1-7(3-10)4-12-5-8(2)9(11)6-12/h3,8-9H,4-6,11H2,1-2H3. The lowest BCUT2D eigenvalue weighted by Crippen LogP contribution is -2.29. The van der Waals surface area contributed by atoms with E-state index in [1.807, 2.05) is 6.92 Å². The maximum absolute atomic E-state index is 5.89. The second-order valence-electron chi connectivity index (χ2n) is 3.79. The predicted molar refractivity (Wildman–Crippen MR) is 53.2 cm³/mol. The van der Waals surface area contributed by atoms with Crippen molar-refractivity contribution in [3.05, 3.63) is 11.1 Å². The van der Waals surface area contributed by atoms with Crippen LogP contribution >= 0.6 is 11.6 Å². The first kappa shape index (κ1) is 10.0. The molecule has 2 atom stereocenters. The summed E-state index contributed by atoms with van der Waals surface area (Å²) in [6, 6.07) is 0.341. The second kappa shape index (κ2) is 4.26. The van der Waals surface area contributed by atoms with Gasteiger partial charge in [-0.25, -0.2) is 0 Å². The van der Waals surface area contributed by atoms with E-state index < -0.39 is 0 Å². The van der Waals surface area contributed by atoms with Crippen molar-refractivity contribution >= 4 is 11.6 Å². The molecule has 0 amide bonds. The lowest BCUT2D eigenvalue weighted by molar-refractivity contribution is 0.354. The summed E-state index contributed by atoms with van der Waals surface area (Å²) in [6.45, 7) is 7.31. The molecule has 1 saturated heterocycles. The predicted octanol–water partition coefficient (Wildman–Crippen LogP) is 1.41. The van der Waals surface area contributed by atoms with E-state index >= 15 is 0 Å². The van der Waals surface area contributed by atoms with Crippen LogP contribution in [0, 0.1) is 5.92 Å². The van der Waals surface area contributed by atoms with Crippen LogP contribution in [0.5, 0.6) is 0 Å². The van der Waals surface area contributed by atoms with E-state index in [-0.39, 0.29) is 0 Å². The summed E-state index contributed by atoms with van der Waals surface area (Å²) in [4.78, 5) is 2.35. The van der Waals surface area contributed by atoms with E-state index in [4.69, 9.17) is 17.3 Å². The molecular weight excluding hydrogens is 172 g/mol. The molecule has 1 aliphatic rings. The van der Waals surface area contributed by atoms with Crippen molar-refractivity contribution in [1.82, 2.24) is 4.90 Å². The quantitative estimate of drug-likeness (QED) is 0.710. The van der Waals surface area contributed by atoms with Gasteiger partial charge in [0.05, 0.1) is 0 Å². The maximum Gasteiger partial charge on any atom is 0.0206 e. The Morgan fingerprint density at radius 2 is 2.33 bits per heavy atom. The third-order valence-electron chi connectivity index (χ3n) is 2.41. The van der Waals surface area contributed by atoms with Crippen molar-refractivity contribution in [2.45, 2.75) is 19.9 Å². The molecular formula is C9H17ClN2. The molecule has 1 aliphatic heterocycles. The third kappa shape index (κ3) is 2.47. The van der Waals surface area contributed by atoms with Crippen LogP contribution in [-0.4, -0.2) is 30.6 Å². The van der Waals surface area contributed by atoms with Gasteiger partial charge < -0.3 is 5.73 Å². The first-order valence-corrected chi connectivity index (χ1v) is 4.81. The smallest absolute Gasteiger partial charge is 0.0206 e. The molecule has 3 heteroatoms. The summed E-state index contributed by atoms with van der Waals surface area (Å²) in [6.07, 6.45) is 0. The van der Waals surface area contributed by atoms with Crippen LogP contribution < -0.4 is 5.73 Å². The summed E-state index contributed by atoms with van der Waals surface area (Å²) >= 11 is 5.58. The maximum atomic E-state index is 5.89. The van der Waals surface area contributed by atoms with Crippen LogP contribution in [0.3, 0.4) is 0 Å². The van der Waals surface area contributed by atoms with E-state index in [2.05, 4.69) is 11.8 Å². The van der Waals surface area contributed by atoms with Gasteiger partial charge in [0, 0.05) is 31.2 Å². The zero-order valence-corrected chi connectivity index (χ0v) is 8.51. The van der Waals surface area contributed by atoms with E-state index in [1.165, 1.54) is 5.57 Å². The molecule has 0 spiro atoms. The van der Waals surface area contributed by atoms with Crippen LogP contribution in [0.25, 0.3) is 0 Å². The van der Waals surface area contributed by atoms with Gasteiger partial charge >= 0.3 is 0 Å². The second-order valence-corrected chi connectivity index (χ2v) is 4.01. The topological polar surface area (TPSA) is 29.3 Å². The molecule has 2 nitrogen and oxygen atoms in total. The minimum atomic E-state index is 0.341. The lowest BCUT2D eigenvalue weighted by Gasteiger charge is -2.14. The van der Waals surface area contributed by atoms with Crippen molar-refractivity contribution in [3.8, 4) is 0 Å². The molecule has 0 saturated carbocycles. The summed E-state index contributed by atoms with van der Waals surface area (Å²) < 4.78 is 0. The summed E-state index contributed by atoms with van der Waals surface area (Å²) in [7, 11) is 0. The molecule has 0 aromatic heterocycles. The Morgan fingerprint density at radius 3 is 2.75 bits per heavy atom. The fraction of sp³-hybridized carbons (Fsp3) is 0.778. The molecule has 1 fully saturated rings. The molecule has 0 aliphatic carbocycles. The molecule has 2 N–H and O–H groups in total. The molecule has 2 unspecified atom stereocenters. The SMILES string of the molecule is CC(=CCl)CN1CC(C)C(N)C1. The van der Waals surface area contributed by atoms with Gasteiger partial charge in [-0.1, -0.05) is 18.5 Å². The highest BCUT2D eigenvalue weighted by Gasteiger charge is 2.25. The van der Waals surface area contributed by atoms with Crippen molar-refractivity contribution in [3.63, 3.8) is 0 Å². The number of hydrogen-bond donors (Lipinski definition) is 1. The highest BCUT2D eigenvalue weighted by atomic mass is 35.5. The Kier molecular flexibility index (Phi) is 3.56. The van der Waals surface area contributed by atoms with Crippen LogP contribution in [0.1, 0.15) is 13.8 Å². The minimum Gasteiger partial charge on any atom is -0.326 e. The highest BCUT2D eigenvalue weighted by Crippen LogP contribution is 2.15. The number of nitrogens with zero attached hydrogens (tertiary/aromatic N) is 1. The van der Waals surface area contributed by atoms with E-state index in [1.54, 1.807) is 5.54 Å². The molecule has 70 valence electrons. The number of halogens is 1. The highest BCUT2D eigenvalue weighted by molar-refractivity contribution is 6.25. The van der Waals surface area contributed by atoms with Gasteiger partial charge in [0.15, 0.2) is 0 Å². The van der Waals surface area contributed by atoms with Crippen LogP contribution in [0.15, 0.2) is 11.1 Å². The lowest BCUT2D eigenvalue weighted by atomic mass is 10.1. The molecule has 0 bridgehead atoms. The first-order valence-electron chi connectivity index (χ1n) is 4.37. The first-order chi connectivity index (χ1) is 5.63. The molecule has 1 rings (SSSR count). The van der Waals surface area contributed by atoms with Gasteiger partial charge in [-0.05, 0) is 18.4 Å². The third-order valence-corrected chi connectivity index (χ3v) is 2.78. The van der Waals surface area contributed by atoms with E-state index in [9.17, 15) is 0 Å². The molecule has 12 heavy (non-hydrogen) atoms. The number of likely N-dealkylation sites (tertiary alicyclic amines) is 1. The van der Waals surface area contributed by atoms with E-state index in [0.717, 1.165) is 19.6 Å². The number of nitrogens with two attached hydrogens (primary N) is 1. The van der Waals surface area contributed by atoms with Crippen LogP contribution in [0.2, 0.25) is 0 Å². The average Bonchev–Trinajstić information content (AvgIpc) is 2.31. The van der Waals surface area contributed by atoms with Crippen LogP contribution in [0.4, 0.5) is 0 Å². The zero-order chi connectivity index (χ0) is 9.14.